The minimum Gasteiger partial charge on any atom is -0.0918 e. The Morgan fingerprint density at radius 3 is 2.60 bits per heavy atom. The molecule has 0 N–H and O–H groups in total. The lowest BCUT2D eigenvalue weighted by Gasteiger charge is -2.38. The van der Waals surface area contributed by atoms with E-state index in [1.807, 2.05) is 0 Å². The van der Waals surface area contributed by atoms with Crippen molar-refractivity contribution in [3.8, 4) is 0 Å². The highest BCUT2D eigenvalue weighted by Crippen LogP contribution is 2.41. The van der Waals surface area contributed by atoms with Gasteiger partial charge < -0.3 is 0 Å². The van der Waals surface area contributed by atoms with Crippen LogP contribution in [0.15, 0.2) is 48.5 Å². The van der Waals surface area contributed by atoms with Crippen LogP contribution in [0.2, 0.25) is 0 Å². The molecule has 1 heteroatoms. The second-order valence-corrected chi connectivity index (χ2v) is 6.59. The van der Waals surface area contributed by atoms with Crippen LogP contribution in [0.1, 0.15) is 35.1 Å². The molecule has 1 aliphatic rings. The molecule has 0 amide bonds. The summed E-state index contributed by atoms with van der Waals surface area (Å²) < 4.78 is 0. The Bertz CT molecular complexity index is 602. The number of hydrogen-bond donors (Lipinski definition) is 0. The zero-order valence-corrected chi connectivity index (χ0v) is 13.6. The Morgan fingerprint density at radius 2 is 1.80 bits per heavy atom. The van der Waals surface area contributed by atoms with Gasteiger partial charge in [-0.05, 0) is 54.9 Å². The number of hydrogen-bond acceptors (Lipinski definition) is 0. The number of rotatable bonds is 3. The lowest BCUT2D eigenvalue weighted by Crippen LogP contribution is -2.35. The minimum absolute atomic E-state index is 0.265. The average Bonchev–Trinajstić information content (AvgIpc) is 2.50. The molecule has 20 heavy (non-hydrogen) atoms. The molecule has 0 saturated carbocycles. The van der Waals surface area contributed by atoms with Gasteiger partial charge in [0.25, 0.3) is 0 Å². The van der Waals surface area contributed by atoms with E-state index in [-0.39, 0.29) is 5.41 Å². The van der Waals surface area contributed by atoms with Crippen molar-refractivity contribution in [1.29, 1.82) is 0 Å². The summed E-state index contributed by atoms with van der Waals surface area (Å²) >= 11 is 3.82. The Kier molecular flexibility index (Phi) is 3.98. The Morgan fingerprint density at radius 1 is 1.05 bits per heavy atom. The molecule has 2 aromatic rings. The monoisotopic (exact) mass is 328 g/mol. The van der Waals surface area contributed by atoms with Gasteiger partial charge in [0.05, 0.1) is 0 Å². The average molecular weight is 329 g/mol. The van der Waals surface area contributed by atoms with E-state index in [4.69, 9.17) is 0 Å². The molecule has 0 aliphatic heterocycles. The van der Waals surface area contributed by atoms with Crippen LogP contribution in [0.4, 0.5) is 0 Å². The predicted molar refractivity (Wildman–Crippen MR) is 89.7 cm³/mol. The fourth-order valence-electron chi connectivity index (χ4n) is 3.55. The van der Waals surface area contributed by atoms with E-state index in [9.17, 15) is 0 Å². The fraction of sp³-hybridized carbons (Fsp3) is 0.368. The number of aryl methyl sites for hydroxylation is 2. The topological polar surface area (TPSA) is 0 Å². The van der Waals surface area contributed by atoms with Gasteiger partial charge in [0.2, 0.25) is 0 Å². The predicted octanol–water partition coefficient (Wildman–Crippen LogP) is 5.21. The highest BCUT2D eigenvalue weighted by Gasteiger charge is 2.35. The van der Waals surface area contributed by atoms with Crippen molar-refractivity contribution in [2.24, 2.45) is 0 Å². The third-order valence-electron chi connectivity index (χ3n) is 4.74. The van der Waals surface area contributed by atoms with Crippen LogP contribution in [0.3, 0.4) is 0 Å². The number of alkyl halides is 1. The van der Waals surface area contributed by atoms with Crippen molar-refractivity contribution in [3.05, 3.63) is 70.8 Å². The molecule has 1 atom stereocenters. The van der Waals surface area contributed by atoms with E-state index in [1.165, 1.54) is 30.4 Å². The molecule has 0 nitrogen and oxygen atoms in total. The molecular weight excluding hydrogens is 308 g/mol. The van der Waals surface area contributed by atoms with Crippen LogP contribution in [-0.2, 0) is 18.3 Å². The van der Waals surface area contributed by atoms with Gasteiger partial charge in [-0.3, -0.25) is 0 Å². The van der Waals surface area contributed by atoms with Crippen molar-refractivity contribution >= 4 is 15.9 Å². The number of fused-ring (bicyclic) bond motifs is 1. The van der Waals surface area contributed by atoms with Crippen LogP contribution in [0, 0.1) is 6.92 Å². The standard InChI is InChI=1S/C19H21Br/c1-15-7-2-3-9-17(15)13-19(14-20)12-6-10-16-8-4-5-11-18(16)19/h2-5,7-9,11H,6,10,12-14H2,1H3. The zero-order chi connectivity index (χ0) is 14.0. The van der Waals surface area contributed by atoms with Gasteiger partial charge in [0.1, 0.15) is 0 Å². The molecule has 0 radical (unpaired) electrons. The van der Waals surface area contributed by atoms with Crippen molar-refractivity contribution in [1.82, 2.24) is 0 Å². The van der Waals surface area contributed by atoms with Crippen LogP contribution in [0.25, 0.3) is 0 Å². The normalized spacial score (nSPS) is 21.5. The largest absolute Gasteiger partial charge is 0.0918 e. The van der Waals surface area contributed by atoms with E-state index < -0.39 is 0 Å². The molecule has 0 heterocycles. The van der Waals surface area contributed by atoms with E-state index in [0.717, 1.165) is 11.8 Å². The van der Waals surface area contributed by atoms with Gasteiger partial charge in [-0.2, -0.15) is 0 Å². The summed E-state index contributed by atoms with van der Waals surface area (Å²) in [6.45, 7) is 2.23. The third-order valence-corrected chi connectivity index (χ3v) is 5.81. The van der Waals surface area contributed by atoms with Gasteiger partial charge in [-0.1, -0.05) is 64.5 Å². The lowest BCUT2D eigenvalue weighted by atomic mass is 9.68. The Labute approximate surface area is 130 Å². The first-order valence-electron chi connectivity index (χ1n) is 7.44. The number of halogens is 1. The first kappa shape index (κ1) is 13.9. The molecule has 104 valence electrons. The summed E-state index contributed by atoms with van der Waals surface area (Å²) in [7, 11) is 0. The quantitative estimate of drug-likeness (QED) is 0.679. The van der Waals surface area contributed by atoms with Crippen LogP contribution in [0.5, 0.6) is 0 Å². The van der Waals surface area contributed by atoms with Gasteiger partial charge in [0, 0.05) is 10.7 Å². The molecule has 0 bridgehead atoms. The fourth-order valence-corrected chi connectivity index (χ4v) is 4.33. The Balaban J connectivity index is 2.03. The highest BCUT2D eigenvalue weighted by atomic mass is 79.9. The van der Waals surface area contributed by atoms with Crippen molar-refractivity contribution in [3.63, 3.8) is 0 Å². The molecule has 0 aromatic heterocycles. The van der Waals surface area contributed by atoms with E-state index in [1.54, 1.807) is 11.1 Å². The summed E-state index contributed by atoms with van der Waals surface area (Å²) in [5.41, 5.74) is 6.28. The minimum atomic E-state index is 0.265. The number of benzene rings is 2. The summed E-state index contributed by atoms with van der Waals surface area (Å²) in [6, 6.07) is 17.8. The maximum atomic E-state index is 3.82. The van der Waals surface area contributed by atoms with Crippen LogP contribution < -0.4 is 0 Å². The van der Waals surface area contributed by atoms with E-state index in [2.05, 4.69) is 71.4 Å². The molecule has 2 aromatic carbocycles. The van der Waals surface area contributed by atoms with Gasteiger partial charge in [-0.15, -0.1) is 0 Å². The summed E-state index contributed by atoms with van der Waals surface area (Å²) in [4.78, 5) is 0. The second kappa shape index (κ2) is 5.73. The summed E-state index contributed by atoms with van der Waals surface area (Å²) in [5, 5.41) is 1.05. The molecule has 3 rings (SSSR count). The molecular formula is C19H21Br. The molecule has 1 aliphatic carbocycles. The van der Waals surface area contributed by atoms with Crippen molar-refractivity contribution in [2.45, 2.75) is 38.0 Å². The van der Waals surface area contributed by atoms with E-state index >= 15 is 0 Å². The highest BCUT2D eigenvalue weighted by molar-refractivity contribution is 9.09. The maximum absolute atomic E-state index is 3.82. The molecule has 1 unspecified atom stereocenters. The molecule has 0 saturated heterocycles. The Hall–Kier alpha value is -1.08. The summed E-state index contributed by atoms with van der Waals surface area (Å²) in [6.07, 6.45) is 4.96. The van der Waals surface area contributed by atoms with Gasteiger partial charge in [-0.25, -0.2) is 0 Å². The first-order valence-corrected chi connectivity index (χ1v) is 8.56. The third kappa shape index (κ3) is 2.44. The molecule has 0 spiro atoms. The van der Waals surface area contributed by atoms with Crippen LogP contribution >= 0.6 is 15.9 Å². The van der Waals surface area contributed by atoms with Crippen LogP contribution in [-0.4, -0.2) is 5.33 Å². The zero-order valence-electron chi connectivity index (χ0n) is 12.0. The van der Waals surface area contributed by atoms with Gasteiger partial charge in [0.15, 0.2) is 0 Å². The first-order chi connectivity index (χ1) is 9.75. The smallest absolute Gasteiger partial charge is 0.0132 e. The van der Waals surface area contributed by atoms with E-state index in [0.29, 0.717) is 0 Å². The maximum Gasteiger partial charge on any atom is 0.0132 e. The van der Waals surface area contributed by atoms with Crippen molar-refractivity contribution in [2.75, 3.05) is 5.33 Å². The second-order valence-electron chi connectivity index (χ2n) is 6.03. The van der Waals surface area contributed by atoms with Gasteiger partial charge >= 0.3 is 0 Å². The SMILES string of the molecule is Cc1ccccc1CC1(CBr)CCCc2ccccc21. The van der Waals surface area contributed by atoms with Crippen molar-refractivity contribution < 1.29 is 0 Å². The molecule has 0 fully saturated rings. The summed E-state index contributed by atoms with van der Waals surface area (Å²) in [5.74, 6) is 0. The lowest BCUT2D eigenvalue weighted by molar-refractivity contribution is 0.401.